The van der Waals surface area contributed by atoms with Crippen molar-refractivity contribution >= 4 is 0 Å². The number of ether oxygens (including phenoxy) is 1. The first kappa shape index (κ1) is 15.9. The summed E-state index contributed by atoms with van der Waals surface area (Å²) in [6.45, 7) is 4.14. The zero-order chi connectivity index (χ0) is 17.6. The fourth-order valence-electron chi connectivity index (χ4n) is 3.16. The molecule has 0 N–H and O–H groups in total. The van der Waals surface area contributed by atoms with Gasteiger partial charge in [-0.25, -0.2) is 14.1 Å². The highest BCUT2D eigenvalue weighted by molar-refractivity contribution is 5.65. The van der Waals surface area contributed by atoms with E-state index in [1.165, 1.54) is 18.3 Å². The molecule has 1 aromatic carbocycles. The zero-order valence-electron chi connectivity index (χ0n) is 14.0. The summed E-state index contributed by atoms with van der Waals surface area (Å²) in [6, 6.07) is 7.99. The SMILES string of the molecule is Cc1cc(-n2nc(-c3ccnc(F)c3)c3c2CC(C)OC3)ccc1F. The van der Waals surface area contributed by atoms with Gasteiger partial charge in [-0.2, -0.15) is 9.49 Å². The molecule has 1 unspecified atom stereocenters. The Morgan fingerprint density at radius 3 is 2.80 bits per heavy atom. The number of rotatable bonds is 2. The van der Waals surface area contributed by atoms with E-state index >= 15 is 0 Å². The van der Waals surface area contributed by atoms with Crippen LogP contribution in [0.1, 0.15) is 23.7 Å². The summed E-state index contributed by atoms with van der Waals surface area (Å²) in [5.41, 5.74) is 4.61. The monoisotopic (exact) mass is 341 g/mol. The second-order valence-electron chi connectivity index (χ2n) is 6.31. The summed E-state index contributed by atoms with van der Waals surface area (Å²) in [5, 5.41) is 4.70. The minimum absolute atomic E-state index is 0.0616. The second-order valence-corrected chi connectivity index (χ2v) is 6.31. The molecule has 1 aliphatic heterocycles. The first-order valence-corrected chi connectivity index (χ1v) is 8.14. The van der Waals surface area contributed by atoms with Gasteiger partial charge >= 0.3 is 0 Å². The van der Waals surface area contributed by atoms with Crippen molar-refractivity contribution in [1.82, 2.24) is 14.8 Å². The fraction of sp³-hybridized carbons (Fsp3) is 0.263. The van der Waals surface area contributed by atoms with Gasteiger partial charge in [-0.3, -0.25) is 0 Å². The van der Waals surface area contributed by atoms with Crippen molar-refractivity contribution in [2.75, 3.05) is 0 Å². The number of hydrogen-bond donors (Lipinski definition) is 0. The quantitative estimate of drug-likeness (QED) is 0.662. The Hall–Kier alpha value is -2.60. The molecule has 25 heavy (non-hydrogen) atoms. The van der Waals surface area contributed by atoms with E-state index in [1.807, 2.05) is 11.6 Å². The van der Waals surface area contributed by atoms with E-state index in [0.717, 1.165) is 16.9 Å². The van der Waals surface area contributed by atoms with E-state index in [2.05, 4.69) is 4.98 Å². The molecule has 0 spiro atoms. The summed E-state index contributed by atoms with van der Waals surface area (Å²) in [4.78, 5) is 3.60. The summed E-state index contributed by atoms with van der Waals surface area (Å²) in [6.07, 6.45) is 2.17. The average Bonchev–Trinajstić information content (AvgIpc) is 2.96. The van der Waals surface area contributed by atoms with Crippen molar-refractivity contribution in [1.29, 1.82) is 0 Å². The first-order chi connectivity index (χ1) is 12.0. The molecule has 0 amide bonds. The molecule has 0 bridgehead atoms. The van der Waals surface area contributed by atoms with Gasteiger partial charge in [-0.1, -0.05) is 0 Å². The van der Waals surface area contributed by atoms with Crippen LogP contribution in [0.4, 0.5) is 8.78 Å². The van der Waals surface area contributed by atoms with Crippen LogP contribution < -0.4 is 0 Å². The summed E-state index contributed by atoms with van der Waals surface area (Å²) < 4.78 is 34.8. The van der Waals surface area contributed by atoms with Crippen molar-refractivity contribution in [3.63, 3.8) is 0 Å². The van der Waals surface area contributed by atoms with E-state index < -0.39 is 5.95 Å². The lowest BCUT2D eigenvalue weighted by atomic mass is 10.0. The molecule has 2 aromatic heterocycles. The Bertz CT molecular complexity index is 952. The molecular formula is C19H17F2N3O. The van der Waals surface area contributed by atoms with E-state index in [4.69, 9.17) is 9.84 Å². The van der Waals surface area contributed by atoms with Crippen molar-refractivity contribution in [3.8, 4) is 16.9 Å². The van der Waals surface area contributed by atoms with E-state index in [-0.39, 0.29) is 11.9 Å². The molecule has 3 heterocycles. The number of benzene rings is 1. The summed E-state index contributed by atoms with van der Waals surface area (Å²) in [5.74, 6) is -0.804. The first-order valence-electron chi connectivity index (χ1n) is 8.14. The van der Waals surface area contributed by atoms with Crippen LogP contribution >= 0.6 is 0 Å². The number of aryl methyl sites for hydroxylation is 1. The standard InChI is InChI=1S/C19H17F2N3O/c1-11-7-14(3-4-16(11)20)24-17-8-12(2)25-10-15(17)19(23-24)13-5-6-22-18(21)9-13/h3-7,9,12H,8,10H2,1-2H3. The van der Waals surface area contributed by atoms with Gasteiger partial charge in [0.1, 0.15) is 5.82 Å². The number of nitrogens with zero attached hydrogens (tertiary/aromatic N) is 3. The van der Waals surface area contributed by atoms with Gasteiger partial charge in [0.25, 0.3) is 0 Å². The van der Waals surface area contributed by atoms with Crippen molar-refractivity contribution in [2.45, 2.75) is 33.0 Å². The Morgan fingerprint density at radius 1 is 1.20 bits per heavy atom. The molecule has 0 fully saturated rings. The predicted molar refractivity (Wildman–Crippen MR) is 89.4 cm³/mol. The largest absolute Gasteiger partial charge is 0.373 e. The van der Waals surface area contributed by atoms with Gasteiger partial charge in [-0.05, 0) is 43.7 Å². The average molecular weight is 341 g/mol. The van der Waals surface area contributed by atoms with E-state index in [1.54, 1.807) is 25.1 Å². The van der Waals surface area contributed by atoms with Crippen LogP contribution in [0, 0.1) is 18.7 Å². The third kappa shape index (κ3) is 2.82. The maximum atomic E-state index is 13.6. The Labute approximate surface area is 144 Å². The zero-order valence-corrected chi connectivity index (χ0v) is 14.0. The van der Waals surface area contributed by atoms with Crippen LogP contribution in [0.5, 0.6) is 0 Å². The Morgan fingerprint density at radius 2 is 2.04 bits per heavy atom. The smallest absolute Gasteiger partial charge is 0.213 e. The number of halogens is 2. The number of fused-ring (bicyclic) bond motifs is 1. The van der Waals surface area contributed by atoms with E-state index in [0.29, 0.717) is 29.8 Å². The molecular weight excluding hydrogens is 324 g/mol. The molecule has 128 valence electrons. The molecule has 4 nitrogen and oxygen atoms in total. The van der Waals surface area contributed by atoms with Gasteiger partial charge < -0.3 is 4.74 Å². The van der Waals surface area contributed by atoms with Gasteiger partial charge in [0.05, 0.1) is 29.8 Å². The van der Waals surface area contributed by atoms with Gasteiger partial charge in [0.2, 0.25) is 5.95 Å². The molecule has 0 aliphatic carbocycles. The van der Waals surface area contributed by atoms with Crippen molar-refractivity contribution in [3.05, 3.63) is 65.1 Å². The summed E-state index contributed by atoms with van der Waals surface area (Å²) in [7, 11) is 0. The molecule has 6 heteroatoms. The maximum absolute atomic E-state index is 13.6. The lowest BCUT2D eigenvalue weighted by Crippen LogP contribution is -2.21. The normalized spacial score (nSPS) is 16.7. The summed E-state index contributed by atoms with van der Waals surface area (Å²) >= 11 is 0. The minimum atomic E-state index is -0.552. The number of hydrogen-bond acceptors (Lipinski definition) is 3. The third-order valence-corrected chi connectivity index (χ3v) is 4.47. The van der Waals surface area contributed by atoms with Crippen molar-refractivity contribution < 1.29 is 13.5 Å². The molecule has 3 aromatic rings. The highest BCUT2D eigenvalue weighted by Gasteiger charge is 2.26. The molecule has 1 aliphatic rings. The van der Waals surface area contributed by atoms with Crippen LogP contribution in [0.15, 0.2) is 36.5 Å². The van der Waals surface area contributed by atoms with Crippen LogP contribution in [0.25, 0.3) is 16.9 Å². The Balaban J connectivity index is 1.91. The van der Waals surface area contributed by atoms with Crippen LogP contribution in [-0.4, -0.2) is 20.9 Å². The maximum Gasteiger partial charge on any atom is 0.213 e. The lowest BCUT2D eigenvalue weighted by Gasteiger charge is -2.21. The molecule has 0 saturated carbocycles. The second kappa shape index (κ2) is 6.04. The molecule has 4 rings (SSSR count). The lowest BCUT2D eigenvalue weighted by molar-refractivity contribution is 0.0401. The highest BCUT2D eigenvalue weighted by atomic mass is 19.1. The number of aromatic nitrogens is 3. The third-order valence-electron chi connectivity index (χ3n) is 4.47. The van der Waals surface area contributed by atoms with Crippen molar-refractivity contribution in [2.24, 2.45) is 0 Å². The molecule has 1 atom stereocenters. The highest BCUT2D eigenvalue weighted by Crippen LogP contribution is 2.32. The van der Waals surface area contributed by atoms with Crippen LogP contribution in [-0.2, 0) is 17.8 Å². The van der Waals surface area contributed by atoms with Gasteiger partial charge in [0, 0.05) is 29.8 Å². The van der Waals surface area contributed by atoms with Gasteiger partial charge in [0.15, 0.2) is 0 Å². The molecule has 0 saturated heterocycles. The predicted octanol–water partition coefficient (Wildman–Crippen LogP) is 3.98. The van der Waals surface area contributed by atoms with Crippen LogP contribution in [0.2, 0.25) is 0 Å². The fourth-order valence-corrected chi connectivity index (χ4v) is 3.16. The van der Waals surface area contributed by atoms with Crippen LogP contribution in [0.3, 0.4) is 0 Å². The molecule has 0 radical (unpaired) electrons. The van der Waals surface area contributed by atoms with E-state index in [9.17, 15) is 8.78 Å². The topological polar surface area (TPSA) is 39.9 Å². The minimum Gasteiger partial charge on any atom is -0.373 e. The number of pyridine rings is 1. The van der Waals surface area contributed by atoms with Gasteiger partial charge in [-0.15, -0.1) is 0 Å². The Kier molecular flexibility index (Phi) is 3.84.